The van der Waals surface area contributed by atoms with E-state index in [0.717, 1.165) is 38.9 Å². The highest BCUT2D eigenvalue weighted by molar-refractivity contribution is 7.42. The Bertz CT molecular complexity index is 2570. The van der Waals surface area contributed by atoms with Crippen LogP contribution in [0.5, 0.6) is 5.75 Å². The number of rotatable bonds is 12. The molecule has 0 aliphatic carbocycles. The van der Waals surface area contributed by atoms with Crippen molar-refractivity contribution in [3.05, 3.63) is 245 Å². The van der Waals surface area contributed by atoms with Gasteiger partial charge in [0.1, 0.15) is 49.2 Å². The lowest BCUT2D eigenvalue weighted by Gasteiger charge is -2.41. The van der Waals surface area contributed by atoms with Crippen LogP contribution in [-0.2, 0) is 45.6 Å². The van der Waals surface area contributed by atoms with Gasteiger partial charge >= 0.3 is 8.60 Å². The summed E-state index contributed by atoms with van der Waals surface area (Å²) in [7, 11) is -2.23. The average molecular weight is 907 g/mol. The number of benzene rings is 7. The second-order valence-electron chi connectivity index (χ2n) is 17.7. The Hall–Kier alpha value is -6.45. The van der Waals surface area contributed by atoms with E-state index < -0.39 is 37.8 Å². The van der Waals surface area contributed by atoms with Gasteiger partial charge in [-0.2, -0.15) is 0 Å². The molecule has 9 nitrogen and oxygen atoms in total. The first-order valence-corrected chi connectivity index (χ1v) is 24.0. The van der Waals surface area contributed by atoms with Gasteiger partial charge in [-0.1, -0.05) is 194 Å². The molecule has 10 heteroatoms. The van der Waals surface area contributed by atoms with Gasteiger partial charge in [0.05, 0.1) is 0 Å². The molecular weight excluding hydrogens is 856 g/mol. The van der Waals surface area contributed by atoms with Gasteiger partial charge in [0.2, 0.25) is 0 Å². The molecule has 336 valence electrons. The van der Waals surface area contributed by atoms with Gasteiger partial charge in [0, 0.05) is 0 Å². The molecule has 0 radical (unpaired) electrons. The zero-order valence-corrected chi connectivity index (χ0v) is 38.2. The standard InChI is InChI=1S/C57H51N2O7P/c1-55(2)62-51-52(63-55)57(45-29-17-7-18-30-45,46-31-19-8-20-32-46)66-67(65-56(51,43-25-13-5-14-26-43)44-27-15-6-16-28-44)64-47-35-33-40(34-36-47)37-48(53-58-49(38-60-53)41-21-9-3-10-22-41)54-59-50(39-61-54)42-23-11-4-12-24-42/h3-36,48-52H,37-39H2,1-2H3/t49-,50-,51-,52-/m1/s1. The highest BCUT2D eigenvalue weighted by atomic mass is 31.2. The summed E-state index contributed by atoms with van der Waals surface area (Å²) in [5.74, 6) is 0.489. The minimum atomic E-state index is -2.23. The molecule has 0 bridgehead atoms. The summed E-state index contributed by atoms with van der Waals surface area (Å²) in [6.45, 7) is 4.82. The first-order chi connectivity index (χ1) is 32.9. The molecule has 7 aromatic rings. The largest absolute Gasteiger partial charge is 0.478 e. The lowest BCUT2D eigenvalue weighted by molar-refractivity contribution is -0.175. The number of ether oxygens (including phenoxy) is 4. The van der Waals surface area contributed by atoms with Gasteiger partial charge in [-0.05, 0) is 71.3 Å². The molecule has 4 aliphatic heterocycles. The molecule has 4 heterocycles. The van der Waals surface area contributed by atoms with E-state index in [1.165, 1.54) is 0 Å². The molecule has 4 atom stereocenters. The van der Waals surface area contributed by atoms with Crippen molar-refractivity contribution in [3.63, 3.8) is 0 Å². The van der Waals surface area contributed by atoms with Crippen LogP contribution in [-0.4, -0.2) is 43.0 Å². The Labute approximate surface area is 393 Å². The summed E-state index contributed by atoms with van der Waals surface area (Å²) >= 11 is 0. The smallest absolute Gasteiger partial charge is 0.399 e. The topological polar surface area (TPSA) is 89.3 Å². The minimum Gasteiger partial charge on any atom is -0.478 e. The van der Waals surface area contributed by atoms with Crippen LogP contribution in [0.2, 0.25) is 0 Å². The van der Waals surface area contributed by atoms with Crippen LogP contribution in [0.4, 0.5) is 0 Å². The molecule has 0 spiro atoms. The number of hydrogen-bond acceptors (Lipinski definition) is 9. The van der Waals surface area contributed by atoms with Crippen LogP contribution in [0.3, 0.4) is 0 Å². The van der Waals surface area contributed by atoms with Crippen molar-refractivity contribution in [2.75, 3.05) is 13.2 Å². The van der Waals surface area contributed by atoms with Crippen LogP contribution < -0.4 is 4.52 Å². The van der Waals surface area contributed by atoms with Crippen molar-refractivity contribution in [1.82, 2.24) is 0 Å². The number of hydrogen-bond donors (Lipinski definition) is 0. The van der Waals surface area contributed by atoms with E-state index in [4.69, 9.17) is 42.5 Å². The van der Waals surface area contributed by atoms with E-state index >= 15 is 0 Å². The van der Waals surface area contributed by atoms with Gasteiger partial charge in [-0.25, -0.2) is 9.98 Å². The summed E-state index contributed by atoms with van der Waals surface area (Å²) < 4.78 is 49.2. The van der Waals surface area contributed by atoms with Crippen molar-refractivity contribution in [2.45, 2.75) is 61.5 Å². The minimum absolute atomic E-state index is 0.109. The second-order valence-corrected chi connectivity index (χ2v) is 18.7. The second kappa shape index (κ2) is 18.3. The molecule has 2 fully saturated rings. The van der Waals surface area contributed by atoms with E-state index in [1.807, 2.05) is 135 Å². The van der Waals surface area contributed by atoms with Crippen molar-refractivity contribution in [1.29, 1.82) is 0 Å². The van der Waals surface area contributed by atoms with E-state index in [9.17, 15) is 0 Å². The quantitative estimate of drug-likeness (QED) is 0.113. The zero-order chi connectivity index (χ0) is 45.3. The number of fused-ring (bicyclic) bond motifs is 1. The summed E-state index contributed by atoms with van der Waals surface area (Å²) in [4.78, 5) is 10.2. The van der Waals surface area contributed by atoms with Gasteiger partial charge < -0.3 is 23.5 Å². The highest BCUT2D eigenvalue weighted by Crippen LogP contribution is 2.64. The van der Waals surface area contributed by atoms with Crippen LogP contribution in [0.25, 0.3) is 0 Å². The molecule has 0 saturated carbocycles. The Morgan fingerprint density at radius 3 is 1.22 bits per heavy atom. The van der Waals surface area contributed by atoms with Gasteiger partial charge in [-0.3, -0.25) is 9.05 Å². The third kappa shape index (κ3) is 8.37. The first kappa shape index (κ1) is 43.1. The van der Waals surface area contributed by atoms with E-state index in [0.29, 0.717) is 37.2 Å². The van der Waals surface area contributed by atoms with Crippen LogP contribution in [0.1, 0.15) is 64.9 Å². The Morgan fingerprint density at radius 1 is 0.493 bits per heavy atom. The van der Waals surface area contributed by atoms with Gasteiger partial charge in [-0.15, -0.1) is 0 Å². The molecule has 0 aromatic heterocycles. The molecule has 2 saturated heterocycles. The van der Waals surface area contributed by atoms with Gasteiger partial charge in [0.15, 0.2) is 28.8 Å². The maximum absolute atomic E-state index is 7.55. The van der Waals surface area contributed by atoms with Crippen LogP contribution in [0.15, 0.2) is 216 Å². The third-order valence-electron chi connectivity index (χ3n) is 13.0. The van der Waals surface area contributed by atoms with Crippen molar-refractivity contribution in [2.24, 2.45) is 15.9 Å². The van der Waals surface area contributed by atoms with Crippen molar-refractivity contribution in [3.8, 4) is 5.75 Å². The lowest BCUT2D eigenvalue weighted by atomic mass is 9.72. The van der Waals surface area contributed by atoms with Crippen LogP contribution >= 0.6 is 8.60 Å². The molecule has 0 unspecified atom stereocenters. The predicted octanol–water partition coefficient (Wildman–Crippen LogP) is 12.2. The molecule has 0 amide bonds. The zero-order valence-electron chi connectivity index (χ0n) is 37.3. The fraction of sp³-hybridized carbons (Fsp3) is 0.228. The van der Waals surface area contributed by atoms with Crippen LogP contribution in [0, 0.1) is 5.92 Å². The fourth-order valence-electron chi connectivity index (χ4n) is 9.84. The molecular formula is C57H51N2O7P. The summed E-state index contributed by atoms with van der Waals surface area (Å²) in [5, 5.41) is 0. The average Bonchev–Trinajstić information content (AvgIpc) is 4.15. The predicted molar refractivity (Wildman–Crippen MR) is 260 cm³/mol. The summed E-state index contributed by atoms with van der Waals surface area (Å²) in [5.41, 5.74) is 4.29. The van der Waals surface area contributed by atoms with Crippen molar-refractivity contribution < 1.29 is 32.5 Å². The fourth-order valence-corrected chi connectivity index (χ4v) is 11.3. The van der Waals surface area contributed by atoms with E-state index in [2.05, 4.69) is 84.9 Å². The Balaban J connectivity index is 0.981. The molecule has 7 aromatic carbocycles. The maximum atomic E-state index is 7.55. The Kier molecular flexibility index (Phi) is 11.8. The van der Waals surface area contributed by atoms with E-state index in [-0.39, 0.29) is 18.0 Å². The third-order valence-corrected chi connectivity index (χ3v) is 14.2. The normalized spacial score (nSPS) is 22.7. The first-order valence-electron chi connectivity index (χ1n) is 22.9. The molecule has 67 heavy (non-hydrogen) atoms. The SMILES string of the molecule is CC1(C)O[C@@H]2[C@@H](O1)C(c1ccccc1)(c1ccccc1)OP(Oc1ccc(CC(C3=N[C@@H](c4ccccc4)CO3)C3=N[C@@H](c4ccccc4)CO3)cc1)OC2(c1ccccc1)c1ccccc1. The summed E-state index contributed by atoms with van der Waals surface area (Å²) in [6, 6.07) is 69.2. The molecule has 4 aliphatic rings. The Morgan fingerprint density at radius 2 is 0.851 bits per heavy atom. The van der Waals surface area contributed by atoms with E-state index in [1.54, 1.807) is 0 Å². The molecule has 11 rings (SSSR count). The van der Waals surface area contributed by atoms with Gasteiger partial charge in [0.25, 0.3) is 0 Å². The maximum Gasteiger partial charge on any atom is 0.399 e. The highest BCUT2D eigenvalue weighted by Gasteiger charge is 2.67. The molecule has 0 N–H and O–H groups in total. The summed E-state index contributed by atoms with van der Waals surface area (Å²) in [6.07, 6.45) is -0.882. The number of nitrogens with zero attached hydrogens (tertiary/aromatic N) is 2. The lowest BCUT2D eigenvalue weighted by Crippen LogP contribution is -2.53. The number of aliphatic imine (C=N–C) groups is 2. The van der Waals surface area contributed by atoms with Crippen molar-refractivity contribution >= 4 is 20.4 Å². The monoisotopic (exact) mass is 906 g/mol.